The molecule has 1 N–H and O–H groups in total. The Morgan fingerprint density at radius 1 is 0.933 bits per heavy atom. The van der Waals surface area contributed by atoms with Crippen molar-refractivity contribution in [1.29, 1.82) is 0 Å². The van der Waals surface area contributed by atoms with E-state index >= 15 is 0 Å². The Hall–Kier alpha value is -1.88. The molecular weight excluding hydrogens is 376 g/mol. The van der Waals surface area contributed by atoms with Gasteiger partial charge in [0, 0.05) is 31.7 Å². The number of hydrogen-bond acceptors (Lipinski definition) is 3. The van der Waals surface area contributed by atoms with Crippen LogP contribution in [0.2, 0.25) is 0 Å². The van der Waals surface area contributed by atoms with E-state index in [4.69, 9.17) is 0 Å². The van der Waals surface area contributed by atoms with Crippen LogP contribution in [0.25, 0.3) is 0 Å². The van der Waals surface area contributed by atoms with E-state index in [9.17, 15) is 14.7 Å². The van der Waals surface area contributed by atoms with E-state index in [-0.39, 0.29) is 22.6 Å². The smallest absolute Gasteiger partial charge is 0.233 e. The van der Waals surface area contributed by atoms with Crippen molar-refractivity contribution in [2.75, 3.05) is 24.5 Å². The number of hydrogen-bond donors (Lipinski definition) is 1. The highest BCUT2D eigenvalue weighted by atomic mass is 16.3. The van der Waals surface area contributed by atoms with E-state index < -0.39 is 5.60 Å². The first-order valence-corrected chi connectivity index (χ1v) is 11.5. The molecule has 1 spiro atoms. The number of carbonyl (C=O) groups is 2. The summed E-state index contributed by atoms with van der Waals surface area (Å²) in [5.41, 5.74) is 1.15. The number of rotatable bonds is 3. The number of aliphatic hydroxyl groups is 1. The van der Waals surface area contributed by atoms with Crippen molar-refractivity contribution in [1.82, 2.24) is 4.90 Å². The van der Waals surface area contributed by atoms with Crippen molar-refractivity contribution in [3.8, 4) is 0 Å². The zero-order valence-electron chi connectivity index (χ0n) is 18.7. The number of benzene rings is 1. The third-order valence-corrected chi connectivity index (χ3v) is 7.60. The third-order valence-electron chi connectivity index (χ3n) is 7.60. The number of amides is 2. The van der Waals surface area contributed by atoms with Gasteiger partial charge in [-0.3, -0.25) is 9.59 Å². The topological polar surface area (TPSA) is 60.9 Å². The summed E-state index contributed by atoms with van der Waals surface area (Å²) in [4.78, 5) is 29.3. The van der Waals surface area contributed by atoms with Crippen LogP contribution in [0.4, 0.5) is 5.69 Å². The summed E-state index contributed by atoms with van der Waals surface area (Å²) in [7, 11) is 0. The first-order valence-electron chi connectivity index (χ1n) is 11.5. The molecule has 0 unspecified atom stereocenters. The van der Waals surface area contributed by atoms with Crippen LogP contribution in [0, 0.1) is 5.41 Å². The molecular formula is C25H36N2O3. The molecule has 5 heteroatoms. The molecule has 0 aromatic heterocycles. The molecule has 0 radical (unpaired) electrons. The van der Waals surface area contributed by atoms with E-state index in [2.05, 4.69) is 45.0 Å². The summed E-state index contributed by atoms with van der Waals surface area (Å²) in [6.07, 6.45) is 6.04. The molecule has 4 rings (SSSR count). The van der Waals surface area contributed by atoms with E-state index in [1.54, 1.807) is 0 Å². The van der Waals surface area contributed by atoms with Crippen LogP contribution < -0.4 is 4.90 Å². The van der Waals surface area contributed by atoms with Gasteiger partial charge in [0.1, 0.15) is 0 Å². The fourth-order valence-corrected chi connectivity index (χ4v) is 5.41. The Balaban J connectivity index is 1.41. The predicted molar refractivity (Wildman–Crippen MR) is 118 cm³/mol. The van der Waals surface area contributed by atoms with E-state index in [1.165, 1.54) is 5.56 Å². The standard InChI is InChI=1S/C25H36N2O3/c1-23(2,3)19-7-9-20(10-8-19)27-17-15-24(22(27)29)11-13-25(30,14-12-24)18-26-16-5-4-6-21(26)28/h7-10,30H,4-6,11-18H2,1-3H3/t24-,25+. The number of anilines is 1. The summed E-state index contributed by atoms with van der Waals surface area (Å²) in [6.45, 7) is 8.50. The molecule has 164 valence electrons. The molecule has 2 saturated heterocycles. The van der Waals surface area contributed by atoms with Gasteiger partial charge in [0.2, 0.25) is 11.8 Å². The minimum absolute atomic E-state index is 0.0956. The second-order valence-corrected chi connectivity index (χ2v) is 10.8. The van der Waals surface area contributed by atoms with Crippen molar-refractivity contribution in [2.45, 2.75) is 83.2 Å². The molecule has 30 heavy (non-hydrogen) atoms. The molecule has 5 nitrogen and oxygen atoms in total. The van der Waals surface area contributed by atoms with Gasteiger partial charge in [0.05, 0.1) is 11.0 Å². The highest BCUT2D eigenvalue weighted by Crippen LogP contribution is 2.49. The molecule has 2 heterocycles. The van der Waals surface area contributed by atoms with Gasteiger partial charge in [-0.25, -0.2) is 0 Å². The molecule has 0 atom stereocenters. The average Bonchev–Trinajstić information content (AvgIpc) is 3.02. The van der Waals surface area contributed by atoms with E-state index in [0.717, 1.165) is 38.0 Å². The Kier molecular flexibility index (Phi) is 5.46. The quantitative estimate of drug-likeness (QED) is 0.816. The minimum Gasteiger partial charge on any atom is -0.388 e. The Morgan fingerprint density at radius 3 is 2.20 bits per heavy atom. The molecule has 1 aromatic rings. The predicted octanol–water partition coefficient (Wildman–Crippen LogP) is 4.02. The molecule has 0 bridgehead atoms. The highest BCUT2D eigenvalue weighted by molar-refractivity contribution is 6.00. The molecule has 2 amide bonds. The van der Waals surface area contributed by atoms with E-state index in [0.29, 0.717) is 38.6 Å². The van der Waals surface area contributed by atoms with Crippen molar-refractivity contribution < 1.29 is 14.7 Å². The second kappa shape index (κ2) is 7.67. The Morgan fingerprint density at radius 2 is 1.60 bits per heavy atom. The summed E-state index contributed by atoms with van der Waals surface area (Å²) < 4.78 is 0. The SMILES string of the molecule is CC(C)(C)c1ccc(N2CC[C@]3(CC[C@@](O)(CN4CCCCC4=O)CC3)C2=O)cc1. The lowest BCUT2D eigenvalue weighted by Gasteiger charge is -2.43. The maximum Gasteiger partial charge on any atom is 0.233 e. The fourth-order valence-electron chi connectivity index (χ4n) is 5.41. The van der Waals surface area contributed by atoms with Crippen LogP contribution in [-0.4, -0.2) is 47.1 Å². The van der Waals surface area contributed by atoms with Gasteiger partial charge in [-0.1, -0.05) is 32.9 Å². The minimum atomic E-state index is -0.847. The van der Waals surface area contributed by atoms with Crippen molar-refractivity contribution >= 4 is 17.5 Å². The van der Waals surface area contributed by atoms with Crippen molar-refractivity contribution in [3.63, 3.8) is 0 Å². The van der Waals surface area contributed by atoms with Gasteiger partial charge in [0.25, 0.3) is 0 Å². The van der Waals surface area contributed by atoms with Gasteiger partial charge < -0.3 is 14.9 Å². The first kappa shape index (κ1) is 21.4. The number of piperidine rings is 1. The van der Waals surface area contributed by atoms with Gasteiger partial charge in [-0.15, -0.1) is 0 Å². The zero-order valence-corrected chi connectivity index (χ0v) is 18.7. The van der Waals surface area contributed by atoms with Crippen LogP contribution >= 0.6 is 0 Å². The van der Waals surface area contributed by atoms with Crippen LogP contribution in [0.5, 0.6) is 0 Å². The molecule has 3 fully saturated rings. The molecule has 3 aliphatic rings. The van der Waals surface area contributed by atoms with Crippen molar-refractivity contribution in [3.05, 3.63) is 29.8 Å². The Labute approximate surface area is 180 Å². The average molecular weight is 413 g/mol. The van der Waals surface area contributed by atoms with Gasteiger partial charge in [0.15, 0.2) is 0 Å². The third kappa shape index (κ3) is 4.01. The van der Waals surface area contributed by atoms with Gasteiger partial charge >= 0.3 is 0 Å². The molecule has 1 aliphatic carbocycles. The second-order valence-electron chi connectivity index (χ2n) is 10.8. The summed E-state index contributed by atoms with van der Waals surface area (Å²) in [6, 6.07) is 8.39. The molecule has 1 aromatic carbocycles. The van der Waals surface area contributed by atoms with Gasteiger partial charge in [-0.2, -0.15) is 0 Å². The maximum absolute atomic E-state index is 13.4. The normalized spacial score (nSPS) is 30.4. The summed E-state index contributed by atoms with van der Waals surface area (Å²) in [5.74, 6) is 0.374. The van der Waals surface area contributed by atoms with E-state index in [1.807, 2.05) is 9.80 Å². The number of β-amino-alcohol motifs (C(OH)–C–C–N with tert-alkyl or cyclic N) is 1. The van der Waals surface area contributed by atoms with Crippen LogP contribution in [0.3, 0.4) is 0 Å². The fraction of sp³-hybridized carbons (Fsp3) is 0.680. The lowest BCUT2D eigenvalue weighted by Crippen LogP contribution is -2.51. The number of carbonyl (C=O) groups excluding carboxylic acids is 2. The Bertz CT molecular complexity index is 801. The lowest BCUT2D eigenvalue weighted by molar-refractivity contribution is -0.142. The zero-order chi connectivity index (χ0) is 21.6. The number of likely N-dealkylation sites (tertiary alicyclic amines) is 1. The molecule has 2 aliphatic heterocycles. The summed E-state index contributed by atoms with van der Waals surface area (Å²) >= 11 is 0. The van der Waals surface area contributed by atoms with Crippen LogP contribution in [-0.2, 0) is 15.0 Å². The van der Waals surface area contributed by atoms with Gasteiger partial charge in [-0.05, 0) is 68.1 Å². The monoisotopic (exact) mass is 412 g/mol. The van der Waals surface area contributed by atoms with Crippen LogP contribution in [0.15, 0.2) is 24.3 Å². The first-order chi connectivity index (χ1) is 14.1. The lowest BCUT2D eigenvalue weighted by atomic mass is 9.67. The largest absolute Gasteiger partial charge is 0.388 e. The van der Waals surface area contributed by atoms with Crippen LogP contribution in [0.1, 0.15) is 77.7 Å². The highest BCUT2D eigenvalue weighted by Gasteiger charge is 2.52. The maximum atomic E-state index is 13.4. The van der Waals surface area contributed by atoms with Crippen molar-refractivity contribution in [2.24, 2.45) is 5.41 Å². The number of nitrogens with zero attached hydrogens (tertiary/aromatic N) is 2. The summed E-state index contributed by atoms with van der Waals surface area (Å²) in [5, 5.41) is 11.1. The molecule has 1 saturated carbocycles.